The van der Waals surface area contributed by atoms with Crippen molar-refractivity contribution >= 4 is 45.4 Å². The fourth-order valence-electron chi connectivity index (χ4n) is 3.44. The first kappa shape index (κ1) is 14.4. The van der Waals surface area contributed by atoms with Gasteiger partial charge in [0.05, 0.1) is 29.2 Å². The van der Waals surface area contributed by atoms with Crippen molar-refractivity contribution in [3.05, 3.63) is 29.8 Å². The van der Waals surface area contributed by atoms with Crippen molar-refractivity contribution in [1.29, 1.82) is 0 Å². The quantitative estimate of drug-likeness (QED) is 0.542. The fourth-order valence-corrected chi connectivity index (χ4v) is 3.96. The maximum atomic E-state index is 6.10. The Kier molecular flexibility index (Phi) is 2.87. The number of nitrogen functional groups attached to an aromatic ring is 2. The molecule has 1 unspecified atom stereocenters. The molecule has 0 spiro atoms. The highest BCUT2D eigenvalue weighted by atomic mass is 32.1. The molecule has 0 fully saturated rings. The van der Waals surface area contributed by atoms with Gasteiger partial charge in [-0.25, -0.2) is 4.98 Å². The van der Waals surface area contributed by atoms with E-state index in [4.69, 9.17) is 16.2 Å². The van der Waals surface area contributed by atoms with Gasteiger partial charge in [0, 0.05) is 11.5 Å². The fraction of sp³-hybridized carbons (Fsp3) is 0.176. The minimum Gasteiger partial charge on any atom is -0.492 e. The van der Waals surface area contributed by atoms with Crippen LogP contribution in [0.15, 0.2) is 24.3 Å². The molecule has 7 nitrogen and oxygen atoms in total. The van der Waals surface area contributed by atoms with Crippen LogP contribution in [0.25, 0.3) is 33.1 Å². The summed E-state index contributed by atoms with van der Waals surface area (Å²) in [5.41, 5.74) is 17.6. The van der Waals surface area contributed by atoms with E-state index in [1.807, 2.05) is 24.3 Å². The molecule has 124 valence electrons. The van der Waals surface area contributed by atoms with Gasteiger partial charge >= 0.3 is 0 Å². The summed E-state index contributed by atoms with van der Waals surface area (Å²) < 4.78 is 14.6. The van der Waals surface area contributed by atoms with E-state index in [1.54, 1.807) is 0 Å². The number of hydrogen-bond acceptors (Lipinski definition) is 8. The average molecular weight is 350 g/mol. The van der Waals surface area contributed by atoms with Crippen LogP contribution in [0.5, 0.6) is 5.75 Å². The Morgan fingerprint density at radius 3 is 2.80 bits per heavy atom. The Morgan fingerprint density at radius 1 is 1.08 bits per heavy atom. The second-order valence-corrected chi connectivity index (χ2v) is 6.74. The van der Waals surface area contributed by atoms with E-state index < -0.39 is 0 Å². The average Bonchev–Trinajstić information content (AvgIpc) is 3.19. The highest BCUT2D eigenvalue weighted by molar-refractivity contribution is 7.00. The number of rotatable bonds is 1. The Bertz CT molecular complexity index is 1160. The second-order valence-electron chi connectivity index (χ2n) is 6.21. The van der Waals surface area contributed by atoms with Crippen LogP contribution >= 0.6 is 11.7 Å². The Balaban J connectivity index is 1.87. The van der Waals surface area contributed by atoms with E-state index in [0.29, 0.717) is 17.9 Å². The largest absolute Gasteiger partial charge is 0.492 e. The van der Waals surface area contributed by atoms with Gasteiger partial charge in [0.1, 0.15) is 22.6 Å². The molecule has 4 aromatic rings. The van der Waals surface area contributed by atoms with Crippen LogP contribution in [-0.4, -0.2) is 25.3 Å². The minimum atomic E-state index is 0.154. The minimum absolute atomic E-state index is 0.154. The third-order valence-electron chi connectivity index (χ3n) is 4.56. The first-order valence-electron chi connectivity index (χ1n) is 7.87. The molecule has 2 aromatic carbocycles. The third-order valence-corrected chi connectivity index (χ3v) is 5.12. The topological polar surface area (TPSA) is 113 Å². The van der Waals surface area contributed by atoms with Gasteiger partial charge in [-0.15, -0.1) is 0 Å². The lowest BCUT2D eigenvalue weighted by atomic mass is 9.90. The van der Waals surface area contributed by atoms with Crippen LogP contribution < -0.4 is 16.2 Å². The van der Waals surface area contributed by atoms with E-state index >= 15 is 0 Å². The highest BCUT2D eigenvalue weighted by Gasteiger charge is 2.29. The van der Waals surface area contributed by atoms with Crippen molar-refractivity contribution in [2.45, 2.75) is 12.8 Å². The highest BCUT2D eigenvalue weighted by Crippen LogP contribution is 2.47. The smallest absolute Gasteiger partial charge is 0.222 e. The molecule has 3 heterocycles. The second kappa shape index (κ2) is 5.00. The van der Waals surface area contributed by atoms with Gasteiger partial charge in [0.2, 0.25) is 5.95 Å². The van der Waals surface area contributed by atoms with Crippen LogP contribution in [0.1, 0.15) is 18.4 Å². The maximum Gasteiger partial charge on any atom is 0.222 e. The molecule has 0 saturated carbocycles. The van der Waals surface area contributed by atoms with Crippen LogP contribution in [0, 0.1) is 0 Å². The lowest BCUT2D eigenvalue weighted by Crippen LogP contribution is -2.02. The van der Waals surface area contributed by atoms with Crippen LogP contribution in [0.4, 0.5) is 11.8 Å². The Morgan fingerprint density at radius 2 is 1.92 bits per heavy atom. The molecule has 1 aliphatic heterocycles. The van der Waals surface area contributed by atoms with Gasteiger partial charge in [-0.2, -0.15) is 13.7 Å². The number of nitrogens with zero attached hydrogens (tertiary/aromatic N) is 4. The number of hydrogen-bond donors (Lipinski definition) is 2. The molecule has 1 aliphatic rings. The van der Waals surface area contributed by atoms with E-state index in [1.165, 1.54) is 11.7 Å². The zero-order valence-electron chi connectivity index (χ0n) is 13.4. The predicted molar refractivity (Wildman–Crippen MR) is 98.7 cm³/mol. The molecule has 0 aliphatic carbocycles. The summed E-state index contributed by atoms with van der Waals surface area (Å²) in [6, 6.07) is 8.08. The normalized spacial score (nSPS) is 16.3. The number of anilines is 2. The molecule has 4 N–H and O–H groups in total. The van der Waals surface area contributed by atoms with Gasteiger partial charge in [-0.1, -0.05) is 13.0 Å². The lowest BCUT2D eigenvalue weighted by molar-refractivity contribution is 0.340. The maximum absolute atomic E-state index is 6.10. The Labute approximate surface area is 147 Å². The SMILES string of the molecule is CC1COc2c1c(-c1ccc3nsnc3c1)cc1nc(N)nc(N)c21. The number of fused-ring (bicyclic) bond motifs is 4. The number of ether oxygens (including phenoxy) is 1. The first-order chi connectivity index (χ1) is 12.1. The molecular weight excluding hydrogens is 336 g/mol. The van der Waals surface area contributed by atoms with Crippen LogP contribution in [0.3, 0.4) is 0 Å². The van der Waals surface area contributed by atoms with Crippen molar-refractivity contribution in [2.75, 3.05) is 18.1 Å². The summed E-state index contributed by atoms with van der Waals surface area (Å²) >= 11 is 1.21. The molecule has 1 atom stereocenters. The summed E-state index contributed by atoms with van der Waals surface area (Å²) in [7, 11) is 0. The molecule has 0 saturated heterocycles. The van der Waals surface area contributed by atoms with E-state index in [-0.39, 0.29) is 11.9 Å². The molecule has 0 radical (unpaired) electrons. The monoisotopic (exact) mass is 350 g/mol. The van der Waals surface area contributed by atoms with Crippen LogP contribution in [0.2, 0.25) is 0 Å². The molecule has 2 aromatic heterocycles. The zero-order valence-corrected chi connectivity index (χ0v) is 14.2. The summed E-state index contributed by atoms with van der Waals surface area (Å²) in [5.74, 6) is 1.50. The van der Waals surface area contributed by atoms with Gasteiger partial charge < -0.3 is 16.2 Å². The van der Waals surface area contributed by atoms with Gasteiger partial charge in [0.15, 0.2) is 0 Å². The number of benzene rings is 2. The zero-order chi connectivity index (χ0) is 17.1. The third kappa shape index (κ3) is 2.04. The van der Waals surface area contributed by atoms with Gasteiger partial charge in [0.25, 0.3) is 0 Å². The molecular formula is C17H14N6OS. The standard InChI is InChI=1S/C17H14N6OS/c1-7-6-24-15-13(7)9(5-12-14(15)16(18)21-17(19)20-12)8-2-3-10-11(4-8)23-25-22-10/h2-5,7H,6H2,1H3,(H4,18,19,20,21). The van der Waals surface area contributed by atoms with Gasteiger partial charge in [-0.05, 0) is 29.3 Å². The first-order valence-corrected chi connectivity index (χ1v) is 8.60. The van der Waals surface area contributed by atoms with Crippen molar-refractivity contribution in [1.82, 2.24) is 18.7 Å². The van der Waals surface area contributed by atoms with Gasteiger partial charge in [-0.3, -0.25) is 0 Å². The van der Waals surface area contributed by atoms with E-state index in [2.05, 4.69) is 25.6 Å². The summed E-state index contributed by atoms with van der Waals surface area (Å²) in [5, 5.41) is 0.730. The molecule has 8 heteroatoms. The van der Waals surface area contributed by atoms with E-state index in [9.17, 15) is 0 Å². The molecule has 5 rings (SSSR count). The van der Waals surface area contributed by atoms with Crippen molar-refractivity contribution in [3.63, 3.8) is 0 Å². The summed E-state index contributed by atoms with van der Waals surface area (Å²) in [6.45, 7) is 2.74. The predicted octanol–water partition coefficient (Wildman–Crippen LogP) is 2.96. The molecule has 0 amide bonds. The van der Waals surface area contributed by atoms with Crippen LogP contribution in [-0.2, 0) is 0 Å². The van der Waals surface area contributed by atoms with Crippen molar-refractivity contribution in [3.8, 4) is 16.9 Å². The Hall–Kier alpha value is -3.00. The van der Waals surface area contributed by atoms with E-state index in [0.717, 1.165) is 38.9 Å². The lowest BCUT2D eigenvalue weighted by Gasteiger charge is -2.14. The summed E-state index contributed by atoms with van der Waals surface area (Å²) in [6.07, 6.45) is 0. The number of aromatic nitrogens is 4. The molecule has 0 bridgehead atoms. The van der Waals surface area contributed by atoms with Crippen molar-refractivity contribution < 1.29 is 4.74 Å². The summed E-state index contributed by atoms with van der Waals surface area (Å²) in [4.78, 5) is 8.45. The molecule has 25 heavy (non-hydrogen) atoms. The number of nitrogens with two attached hydrogens (primary N) is 2. The van der Waals surface area contributed by atoms with Crippen molar-refractivity contribution in [2.24, 2.45) is 0 Å².